The van der Waals surface area contributed by atoms with Gasteiger partial charge in [-0.15, -0.1) is 0 Å². The van der Waals surface area contributed by atoms with Crippen molar-refractivity contribution in [2.75, 3.05) is 5.75 Å². The molecular formula is C20H22N6O3S. The Kier molecular flexibility index (Phi) is 5.60. The summed E-state index contributed by atoms with van der Waals surface area (Å²) in [6.07, 6.45) is 4.97. The summed E-state index contributed by atoms with van der Waals surface area (Å²) in [6, 6.07) is 10.5. The molecule has 1 unspecified atom stereocenters. The number of benzene rings is 1. The molecule has 2 aromatic heterocycles. The predicted molar refractivity (Wildman–Crippen MR) is 110 cm³/mol. The summed E-state index contributed by atoms with van der Waals surface area (Å²) in [4.78, 5) is 21.1. The molecule has 0 saturated heterocycles. The summed E-state index contributed by atoms with van der Waals surface area (Å²) in [5, 5.41) is 6.88. The molecule has 0 bridgehead atoms. The molecule has 1 atom stereocenters. The van der Waals surface area contributed by atoms with Gasteiger partial charge in [-0.25, -0.2) is 23.1 Å². The first kappa shape index (κ1) is 20.2. The summed E-state index contributed by atoms with van der Waals surface area (Å²) >= 11 is 0. The molecule has 10 heteroatoms. The Hall–Kier alpha value is -3.11. The summed E-state index contributed by atoms with van der Waals surface area (Å²) in [5.41, 5.74) is 2.74. The number of rotatable bonds is 6. The minimum atomic E-state index is -3.53. The predicted octanol–water partition coefficient (Wildman–Crippen LogP) is 1.06. The Balaban J connectivity index is 1.48. The highest BCUT2D eigenvalue weighted by Gasteiger charge is 2.37. The molecule has 3 aromatic rings. The third-order valence-corrected chi connectivity index (χ3v) is 6.99. The Bertz CT molecular complexity index is 1130. The van der Waals surface area contributed by atoms with Crippen LogP contribution in [0.15, 0.2) is 55.2 Å². The Morgan fingerprint density at radius 2 is 2.00 bits per heavy atom. The van der Waals surface area contributed by atoms with Crippen LogP contribution < -0.4 is 5.32 Å². The van der Waals surface area contributed by atoms with Gasteiger partial charge in [0.2, 0.25) is 15.9 Å². The van der Waals surface area contributed by atoms with E-state index in [0.717, 1.165) is 16.7 Å². The molecule has 4 rings (SSSR count). The van der Waals surface area contributed by atoms with Crippen molar-refractivity contribution in [1.29, 1.82) is 0 Å². The third-order valence-electron chi connectivity index (χ3n) is 5.16. The molecule has 1 amide bonds. The monoisotopic (exact) mass is 426 g/mol. The summed E-state index contributed by atoms with van der Waals surface area (Å²) in [6.45, 7) is 2.05. The first-order chi connectivity index (χ1) is 14.5. The second-order valence-electron chi connectivity index (χ2n) is 7.02. The number of pyridine rings is 1. The standard InChI is InChI=1S/C20H22N6O3S/c1-2-30(28,29)26-12-17-6-4-3-5-16(17)9-18(26)20(27)23-11-15-7-8-19(22-10-15)25-14-21-13-24-25/h3-8,10,13-14,18H,2,9,11-12H2,1H3,(H,23,27). The van der Waals surface area contributed by atoms with Gasteiger partial charge in [0.1, 0.15) is 18.7 Å². The fourth-order valence-electron chi connectivity index (χ4n) is 3.47. The van der Waals surface area contributed by atoms with Crippen molar-refractivity contribution in [3.63, 3.8) is 0 Å². The van der Waals surface area contributed by atoms with E-state index in [-0.39, 0.29) is 24.7 Å². The summed E-state index contributed by atoms with van der Waals surface area (Å²) < 4.78 is 28.1. The first-order valence-electron chi connectivity index (χ1n) is 9.62. The van der Waals surface area contributed by atoms with Gasteiger partial charge in [0.05, 0.1) is 5.75 Å². The van der Waals surface area contributed by atoms with Crippen molar-refractivity contribution >= 4 is 15.9 Å². The number of fused-ring (bicyclic) bond motifs is 1. The second-order valence-corrected chi connectivity index (χ2v) is 9.23. The lowest BCUT2D eigenvalue weighted by molar-refractivity contribution is -0.125. The van der Waals surface area contributed by atoms with E-state index in [1.54, 1.807) is 25.5 Å². The maximum absolute atomic E-state index is 12.9. The van der Waals surface area contributed by atoms with E-state index in [2.05, 4.69) is 20.4 Å². The topological polar surface area (TPSA) is 110 Å². The SMILES string of the molecule is CCS(=O)(=O)N1Cc2ccccc2CC1C(=O)NCc1ccc(-n2cncn2)nc1. The molecule has 3 heterocycles. The maximum atomic E-state index is 12.9. The van der Waals surface area contributed by atoms with Crippen LogP contribution in [0.1, 0.15) is 23.6 Å². The lowest BCUT2D eigenvalue weighted by atomic mass is 9.95. The fraction of sp³-hybridized carbons (Fsp3) is 0.300. The fourth-order valence-corrected chi connectivity index (χ4v) is 4.70. The van der Waals surface area contributed by atoms with Crippen LogP contribution in [-0.2, 0) is 34.3 Å². The van der Waals surface area contributed by atoms with E-state index in [1.807, 2.05) is 30.3 Å². The molecule has 1 aromatic carbocycles. The van der Waals surface area contributed by atoms with Crippen molar-refractivity contribution in [1.82, 2.24) is 29.4 Å². The van der Waals surface area contributed by atoms with Crippen LogP contribution in [0.25, 0.3) is 5.82 Å². The van der Waals surface area contributed by atoms with Gasteiger partial charge in [0, 0.05) is 19.3 Å². The number of carbonyl (C=O) groups excluding carboxylic acids is 1. The van der Waals surface area contributed by atoms with Gasteiger partial charge in [-0.3, -0.25) is 4.79 Å². The van der Waals surface area contributed by atoms with Crippen molar-refractivity contribution in [3.05, 3.63) is 71.9 Å². The summed E-state index contributed by atoms with van der Waals surface area (Å²) in [5.74, 6) is 0.251. The number of amides is 1. The zero-order chi connectivity index (χ0) is 21.1. The third kappa shape index (κ3) is 4.10. The number of sulfonamides is 1. The van der Waals surface area contributed by atoms with Gasteiger partial charge in [0.15, 0.2) is 5.82 Å². The van der Waals surface area contributed by atoms with E-state index >= 15 is 0 Å². The molecule has 0 fully saturated rings. The Labute approximate surface area is 174 Å². The van der Waals surface area contributed by atoms with E-state index in [4.69, 9.17) is 0 Å². The highest BCUT2D eigenvalue weighted by Crippen LogP contribution is 2.26. The van der Waals surface area contributed by atoms with Crippen molar-refractivity contribution in [2.45, 2.75) is 32.5 Å². The largest absolute Gasteiger partial charge is 0.351 e. The van der Waals surface area contributed by atoms with Crippen LogP contribution in [0.3, 0.4) is 0 Å². The molecule has 0 aliphatic carbocycles. The zero-order valence-corrected chi connectivity index (χ0v) is 17.3. The minimum Gasteiger partial charge on any atom is -0.351 e. The van der Waals surface area contributed by atoms with E-state index < -0.39 is 16.1 Å². The number of hydrogen-bond donors (Lipinski definition) is 1. The van der Waals surface area contributed by atoms with Crippen molar-refractivity contribution in [2.24, 2.45) is 0 Å². The highest BCUT2D eigenvalue weighted by atomic mass is 32.2. The van der Waals surface area contributed by atoms with Gasteiger partial charge in [-0.2, -0.15) is 9.40 Å². The molecule has 156 valence electrons. The van der Waals surface area contributed by atoms with Gasteiger partial charge in [-0.1, -0.05) is 30.3 Å². The van der Waals surface area contributed by atoms with E-state index in [1.165, 1.54) is 15.3 Å². The Morgan fingerprint density at radius 1 is 1.20 bits per heavy atom. The normalized spacial score (nSPS) is 16.8. The minimum absolute atomic E-state index is 0.0490. The Morgan fingerprint density at radius 3 is 2.67 bits per heavy atom. The van der Waals surface area contributed by atoms with Gasteiger partial charge >= 0.3 is 0 Å². The molecule has 0 radical (unpaired) electrons. The van der Waals surface area contributed by atoms with Gasteiger partial charge in [-0.05, 0) is 36.1 Å². The zero-order valence-electron chi connectivity index (χ0n) is 16.5. The van der Waals surface area contributed by atoms with Crippen LogP contribution in [0.4, 0.5) is 0 Å². The maximum Gasteiger partial charge on any atom is 0.239 e. The molecule has 9 nitrogen and oxygen atoms in total. The van der Waals surface area contributed by atoms with Crippen molar-refractivity contribution < 1.29 is 13.2 Å². The molecule has 0 saturated carbocycles. The highest BCUT2D eigenvalue weighted by molar-refractivity contribution is 7.89. The smallest absolute Gasteiger partial charge is 0.239 e. The average Bonchev–Trinajstić information content (AvgIpc) is 3.32. The van der Waals surface area contributed by atoms with Gasteiger partial charge < -0.3 is 5.32 Å². The number of nitrogens with one attached hydrogen (secondary N) is 1. The average molecular weight is 427 g/mol. The van der Waals surface area contributed by atoms with Crippen LogP contribution >= 0.6 is 0 Å². The number of aromatic nitrogens is 4. The number of hydrogen-bond acceptors (Lipinski definition) is 6. The van der Waals surface area contributed by atoms with Crippen LogP contribution in [0, 0.1) is 0 Å². The molecule has 30 heavy (non-hydrogen) atoms. The lowest BCUT2D eigenvalue weighted by Crippen LogP contribution is -2.52. The van der Waals surface area contributed by atoms with Crippen LogP contribution in [0.5, 0.6) is 0 Å². The molecule has 1 N–H and O–H groups in total. The van der Waals surface area contributed by atoms with E-state index in [0.29, 0.717) is 12.2 Å². The number of carbonyl (C=O) groups is 1. The number of nitrogens with zero attached hydrogens (tertiary/aromatic N) is 5. The molecule has 1 aliphatic heterocycles. The first-order valence-corrected chi connectivity index (χ1v) is 11.2. The summed E-state index contributed by atoms with van der Waals surface area (Å²) in [7, 11) is -3.53. The molecule has 0 spiro atoms. The van der Waals surface area contributed by atoms with Gasteiger partial charge in [0.25, 0.3) is 0 Å². The van der Waals surface area contributed by atoms with Crippen LogP contribution in [0.2, 0.25) is 0 Å². The van der Waals surface area contributed by atoms with Crippen molar-refractivity contribution in [3.8, 4) is 5.82 Å². The molecule has 1 aliphatic rings. The van der Waals surface area contributed by atoms with Crippen LogP contribution in [-0.4, -0.2) is 50.2 Å². The second kappa shape index (κ2) is 8.33. The lowest BCUT2D eigenvalue weighted by Gasteiger charge is -2.34. The molecular weight excluding hydrogens is 404 g/mol. The quantitative estimate of drug-likeness (QED) is 0.631. The van der Waals surface area contributed by atoms with E-state index in [9.17, 15) is 13.2 Å².